The molecule has 2 rings (SSSR count). The lowest BCUT2D eigenvalue weighted by molar-refractivity contribution is 0.0752. The normalized spacial score (nSPS) is 15.0. The summed E-state index contributed by atoms with van der Waals surface area (Å²) in [6.07, 6.45) is 2.13. The molecule has 1 amide bonds. The van der Waals surface area contributed by atoms with Gasteiger partial charge in [0.1, 0.15) is 5.82 Å². The molecule has 5 nitrogen and oxygen atoms in total. The fourth-order valence-electron chi connectivity index (χ4n) is 2.05. The minimum absolute atomic E-state index is 0.00397. The molecule has 1 aromatic rings. The van der Waals surface area contributed by atoms with E-state index in [1.54, 1.807) is 6.92 Å². The Bertz CT molecular complexity index is 674. The van der Waals surface area contributed by atoms with Gasteiger partial charge in [0.2, 0.25) is 10.0 Å². The van der Waals surface area contributed by atoms with Crippen LogP contribution in [0.3, 0.4) is 0 Å². The Kier molecular flexibility index (Phi) is 4.69. The smallest absolute Gasteiger partial charge is 0.256 e. The second-order valence-electron chi connectivity index (χ2n) is 5.09. The van der Waals surface area contributed by atoms with Gasteiger partial charge in [0.15, 0.2) is 0 Å². The highest BCUT2D eigenvalue weighted by Gasteiger charge is 2.28. The van der Waals surface area contributed by atoms with Crippen LogP contribution in [0.25, 0.3) is 0 Å². The number of amides is 1. The number of hydrogen-bond donors (Lipinski definition) is 1. The number of carbonyl (C=O) groups excluding carboxylic acids is 1. The monoisotopic (exact) mass is 378 g/mol. The number of hydrogen-bond acceptors (Lipinski definition) is 3. The molecule has 0 spiro atoms. The van der Waals surface area contributed by atoms with Crippen LogP contribution in [0.2, 0.25) is 0 Å². The van der Waals surface area contributed by atoms with Gasteiger partial charge in [-0.1, -0.05) is 0 Å². The quantitative estimate of drug-likeness (QED) is 0.851. The van der Waals surface area contributed by atoms with Crippen molar-refractivity contribution in [2.75, 3.05) is 13.1 Å². The largest absolute Gasteiger partial charge is 0.339 e. The maximum absolute atomic E-state index is 14.0. The predicted octanol–water partition coefficient (Wildman–Crippen LogP) is 2.11. The van der Waals surface area contributed by atoms with E-state index in [9.17, 15) is 17.6 Å². The van der Waals surface area contributed by atoms with Crippen molar-refractivity contribution in [2.24, 2.45) is 11.1 Å². The van der Waals surface area contributed by atoms with E-state index in [4.69, 9.17) is 5.14 Å². The van der Waals surface area contributed by atoms with E-state index in [2.05, 4.69) is 15.9 Å². The van der Waals surface area contributed by atoms with Gasteiger partial charge in [0.05, 0.1) is 10.5 Å². The molecule has 0 unspecified atom stereocenters. The first-order valence-corrected chi connectivity index (χ1v) is 8.89. The van der Waals surface area contributed by atoms with E-state index in [1.165, 1.54) is 4.90 Å². The molecular weight excluding hydrogens is 363 g/mol. The van der Waals surface area contributed by atoms with Crippen molar-refractivity contribution in [3.63, 3.8) is 0 Å². The summed E-state index contributed by atoms with van der Waals surface area (Å²) in [5.74, 6) is -0.821. The summed E-state index contributed by atoms with van der Waals surface area (Å²) in [5, 5.41) is 5.07. The average molecular weight is 379 g/mol. The molecule has 1 aliphatic carbocycles. The number of nitrogens with two attached hydrogens (primary N) is 1. The SMILES string of the molecule is CCN(CC1CC1)C(=O)c1cc(S(N)(=O)=O)c(Br)cc1F. The van der Waals surface area contributed by atoms with Crippen LogP contribution in [0.5, 0.6) is 0 Å². The minimum atomic E-state index is -4.03. The molecule has 0 aromatic heterocycles. The number of nitrogens with zero attached hydrogens (tertiary/aromatic N) is 1. The van der Waals surface area contributed by atoms with Crippen LogP contribution in [-0.2, 0) is 10.0 Å². The molecule has 21 heavy (non-hydrogen) atoms. The molecule has 1 aromatic carbocycles. The van der Waals surface area contributed by atoms with Crippen molar-refractivity contribution < 1.29 is 17.6 Å². The van der Waals surface area contributed by atoms with Gasteiger partial charge in [-0.2, -0.15) is 0 Å². The Morgan fingerprint density at radius 3 is 2.57 bits per heavy atom. The van der Waals surface area contributed by atoms with Gasteiger partial charge in [-0.25, -0.2) is 17.9 Å². The van der Waals surface area contributed by atoms with Gasteiger partial charge < -0.3 is 4.90 Å². The second kappa shape index (κ2) is 6.02. The van der Waals surface area contributed by atoms with Crippen LogP contribution in [-0.4, -0.2) is 32.3 Å². The van der Waals surface area contributed by atoms with Crippen molar-refractivity contribution in [1.82, 2.24) is 4.90 Å². The van der Waals surface area contributed by atoms with Gasteiger partial charge >= 0.3 is 0 Å². The third-order valence-corrected chi connectivity index (χ3v) is 5.27. The summed E-state index contributed by atoms with van der Waals surface area (Å²) >= 11 is 2.95. The maximum Gasteiger partial charge on any atom is 0.256 e. The summed E-state index contributed by atoms with van der Waals surface area (Å²) in [5.41, 5.74) is -0.273. The first-order valence-electron chi connectivity index (χ1n) is 6.55. The summed E-state index contributed by atoms with van der Waals surface area (Å²) in [6, 6.07) is 1.95. The molecule has 8 heteroatoms. The summed E-state index contributed by atoms with van der Waals surface area (Å²) in [6.45, 7) is 2.81. The molecule has 0 heterocycles. The van der Waals surface area contributed by atoms with Gasteiger partial charge in [-0.3, -0.25) is 4.79 Å². The fourth-order valence-corrected chi connectivity index (χ4v) is 3.65. The summed E-state index contributed by atoms with van der Waals surface area (Å²) < 4.78 is 36.9. The highest BCUT2D eigenvalue weighted by atomic mass is 79.9. The van der Waals surface area contributed by atoms with Crippen molar-refractivity contribution in [1.29, 1.82) is 0 Å². The number of rotatable bonds is 5. The van der Waals surface area contributed by atoms with Crippen molar-refractivity contribution in [2.45, 2.75) is 24.7 Å². The highest BCUT2D eigenvalue weighted by Crippen LogP contribution is 2.31. The van der Waals surface area contributed by atoms with Gasteiger partial charge in [-0.15, -0.1) is 0 Å². The Labute approximate surface area is 131 Å². The topological polar surface area (TPSA) is 80.5 Å². The van der Waals surface area contributed by atoms with E-state index < -0.39 is 21.7 Å². The molecule has 0 bridgehead atoms. The lowest BCUT2D eigenvalue weighted by Crippen LogP contribution is -2.33. The van der Waals surface area contributed by atoms with E-state index in [1.807, 2.05) is 0 Å². The van der Waals surface area contributed by atoms with Crippen LogP contribution >= 0.6 is 15.9 Å². The van der Waals surface area contributed by atoms with Crippen LogP contribution in [0, 0.1) is 11.7 Å². The standard InChI is InChI=1S/C13H16BrFN2O3S/c1-2-17(7-8-3-4-8)13(18)9-5-12(21(16,19)20)10(14)6-11(9)15/h5-6,8H,2-4,7H2,1H3,(H2,16,19,20). The number of benzene rings is 1. The van der Waals surface area contributed by atoms with Crippen LogP contribution < -0.4 is 5.14 Å². The number of halogens is 2. The second-order valence-corrected chi connectivity index (χ2v) is 7.48. The summed E-state index contributed by atoms with van der Waals surface area (Å²) in [7, 11) is -4.03. The van der Waals surface area contributed by atoms with Gasteiger partial charge in [0.25, 0.3) is 5.91 Å². The molecule has 116 valence electrons. The first-order chi connectivity index (χ1) is 9.74. The molecule has 0 atom stereocenters. The van der Waals surface area contributed by atoms with Crippen molar-refractivity contribution in [3.8, 4) is 0 Å². The van der Waals surface area contributed by atoms with Gasteiger partial charge in [-0.05, 0) is 53.7 Å². The highest BCUT2D eigenvalue weighted by molar-refractivity contribution is 9.10. The zero-order valence-electron chi connectivity index (χ0n) is 11.5. The molecule has 1 aliphatic rings. The molecule has 1 fully saturated rings. The number of carbonyl (C=O) groups is 1. The van der Waals surface area contributed by atoms with E-state index in [-0.39, 0.29) is 14.9 Å². The van der Waals surface area contributed by atoms with E-state index >= 15 is 0 Å². The van der Waals surface area contributed by atoms with Crippen LogP contribution in [0.15, 0.2) is 21.5 Å². The Morgan fingerprint density at radius 2 is 2.10 bits per heavy atom. The molecule has 0 radical (unpaired) electrons. The van der Waals surface area contributed by atoms with E-state index in [0.29, 0.717) is 19.0 Å². The third-order valence-electron chi connectivity index (χ3n) is 3.40. The molecular formula is C13H16BrFN2O3S. The molecule has 0 aliphatic heterocycles. The zero-order valence-corrected chi connectivity index (χ0v) is 13.9. The lowest BCUT2D eigenvalue weighted by Gasteiger charge is -2.21. The minimum Gasteiger partial charge on any atom is -0.339 e. The number of sulfonamides is 1. The summed E-state index contributed by atoms with van der Waals surface area (Å²) in [4.78, 5) is 13.6. The molecule has 0 saturated heterocycles. The lowest BCUT2D eigenvalue weighted by atomic mass is 10.1. The van der Waals surface area contributed by atoms with E-state index in [0.717, 1.165) is 25.0 Å². The van der Waals surface area contributed by atoms with Crippen LogP contribution in [0.1, 0.15) is 30.1 Å². The predicted molar refractivity (Wildman–Crippen MR) is 79.8 cm³/mol. The number of primary sulfonamides is 1. The Balaban J connectivity index is 2.39. The Morgan fingerprint density at radius 1 is 1.48 bits per heavy atom. The zero-order chi connectivity index (χ0) is 15.8. The first kappa shape index (κ1) is 16.4. The molecule has 1 saturated carbocycles. The fraction of sp³-hybridized carbons (Fsp3) is 0.462. The third kappa shape index (κ3) is 3.81. The van der Waals surface area contributed by atoms with Crippen LogP contribution in [0.4, 0.5) is 4.39 Å². The maximum atomic E-state index is 14.0. The van der Waals surface area contributed by atoms with Gasteiger partial charge in [0, 0.05) is 17.6 Å². The Hall–Kier alpha value is -0.990. The molecule has 2 N–H and O–H groups in total. The van der Waals surface area contributed by atoms with Crippen molar-refractivity contribution in [3.05, 3.63) is 28.0 Å². The average Bonchev–Trinajstić information content (AvgIpc) is 3.17. The van der Waals surface area contributed by atoms with Crippen molar-refractivity contribution >= 4 is 31.9 Å².